The molecule has 1 amide bonds. The highest BCUT2D eigenvalue weighted by Gasteiger charge is 2.15. The average molecular weight is 299 g/mol. The molecule has 2 aromatic rings. The van der Waals surface area contributed by atoms with Gasteiger partial charge in [0, 0.05) is 29.9 Å². The summed E-state index contributed by atoms with van der Waals surface area (Å²) in [5.41, 5.74) is 8.19. The molecule has 0 spiro atoms. The van der Waals surface area contributed by atoms with Crippen molar-refractivity contribution in [3.05, 3.63) is 47.7 Å². The van der Waals surface area contributed by atoms with Crippen LogP contribution < -0.4 is 15.8 Å². The van der Waals surface area contributed by atoms with Crippen LogP contribution in [0.5, 0.6) is 11.6 Å². The molecule has 0 saturated heterocycles. The van der Waals surface area contributed by atoms with E-state index in [9.17, 15) is 4.79 Å². The third kappa shape index (κ3) is 3.00. The van der Waals surface area contributed by atoms with Crippen LogP contribution in [0.25, 0.3) is 0 Å². The van der Waals surface area contributed by atoms with Crippen LogP contribution in [-0.2, 0) is 11.2 Å². The summed E-state index contributed by atoms with van der Waals surface area (Å²) < 4.78 is 5.72. The quantitative estimate of drug-likeness (QED) is 0.851. The molecular weight excluding hydrogens is 286 g/mol. The number of aromatic nitrogens is 1. The number of amides is 1. The molecule has 5 nitrogen and oxygen atoms in total. The second-order valence-corrected chi connectivity index (χ2v) is 5.16. The number of nitrogens with two attached hydrogens (primary N) is 1. The highest BCUT2D eigenvalue weighted by molar-refractivity contribution is 7.80. The van der Waals surface area contributed by atoms with E-state index in [4.69, 9.17) is 22.7 Å². The number of ether oxygens (including phenoxy) is 1. The first-order chi connectivity index (χ1) is 10.1. The van der Waals surface area contributed by atoms with E-state index in [0.717, 1.165) is 11.3 Å². The Morgan fingerprint density at radius 2 is 2.14 bits per heavy atom. The lowest BCUT2D eigenvalue weighted by atomic mass is 10.0. The first kappa shape index (κ1) is 13.5. The minimum Gasteiger partial charge on any atom is -0.439 e. The molecule has 0 aliphatic carbocycles. The lowest BCUT2D eigenvalue weighted by Gasteiger charge is -2.17. The molecule has 0 unspecified atom stereocenters. The van der Waals surface area contributed by atoms with Crippen LogP contribution in [0.2, 0.25) is 0 Å². The van der Waals surface area contributed by atoms with Gasteiger partial charge in [-0.15, -0.1) is 0 Å². The molecule has 1 aromatic heterocycles. The van der Waals surface area contributed by atoms with E-state index < -0.39 is 0 Å². The number of hydrogen-bond acceptors (Lipinski definition) is 4. The normalized spacial score (nSPS) is 13.2. The summed E-state index contributed by atoms with van der Waals surface area (Å²) in [5, 5.41) is 2.83. The van der Waals surface area contributed by atoms with E-state index >= 15 is 0 Å². The fraction of sp³-hybridized carbons (Fsp3) is 0.133. The van der Waals surface area contributed by atoms with Crippen LogP contribution in [0.4, 0.5) is 5.69 Å². The number of pyridine rings is 1. The maximum Gasteiger partial charge on any atom is 0.224 e. The minimum absolute atomic E-state index is 0.0435. The average Bonchev–Trinajstić information content (AvgIpc) is 2.48. The third-order valence-corrected chi connectivity index (χ3v) is 3.45. The van der Waals surface area contributed by atoms with Gasteiger partial charge in [-0.05, 0) is 36.2 Å². The molecule has 0 radical (unpaired) electrons. The van der Waals surface area contributed by atoms with Gasteiger partial charge in [0.25, 0.3) is 0 Å². The summed E-state index contributed by atoms with van der Waals surface area (Å²) in [6.45, 7) is 0. The van der Waals surface area contributed by atoms with Crippen molar-refractivity contribution in [3.63, 3.8) is 0 Å². The fourth-order valence-corrected chi connectivity index (χ4v) is 2.29. The number of anilines is 1. The topological polar surface area (TPSA) is 77.2 Å². The third-order valence-electron chi connectivity index (χ3n) is 3.21. The molecule has 0 atom stereocenters. The Balaban J connectivity index is 1.84. The fourth-order valence-electron chi connectivity index (χ4n) is 2.16. The SMILES string of the molecule is NC(=S)c1ccnc(Oc2ccc3c(c2)CCC(=O)N3)c1. The van der Waals surface area contributed by atoms with E-state index in [1.165, 1.54) is 0 Å². The molecule has 6 heteroatoms. The van der Waals surface area contributed by atoms with E-state index in [2.05, 4.69) is 10.3 Å². The molecule has 3 rings (SSSR count). The maximum atomic E-state index is 11.3. The molecule has 106 valence electrons. The van der Waals surface area contributed by atoms with Crippen LogP contribution in [0, 0.1) is 0 Å². The summed E-state index contributed by atoms with van der Waals surface area (Å²) >= 11 is 4.93. The molecule has 1 aromatic carbocycles. The van der Waals surface area contributed by atoms with Gasteiger partial charge < -0.3 is 15.8 Å². The summed E-state index contributed by atoms with van der Waals surface area (Å²) in [7, 11) is 0. The summed E-state index contributed by atoms with van der Waals surface area (Å²) in [4.78, 5) is 15.8. The summed E-state index contributed by atoms with van der Waals surface area (Å²) in [5.74, 6) is 1.14. The number of rotatable bonds is 3. The molecule has 0 fully saturated rings. The van der Waals surface area contributed by atoms with E-state index in [0.29, 0.717) is 35.0 Å². The molecule has 3 N–H and O–H groups in total. The zero-order valence-corrected chi connectivity index (χ0v) is 11.9. The van der Waals surface area contributed by atoms with Crippen LogP contribution in [0.3, 0.4) is 0 Å². The smallest absolute Gasteiger partial charge is 0.224 e. The Bertz CT molecular complexity index is 731. The number of thiocarbonyl (C=S) groups is 1. The Morgan fingerprint density at radius 3 is 2.95 bits per heavy atom. The number of hydrogen-bond donors (Lipinski definition) is 2. The van der Waals surface area contributed by atoms with Crippen LogP contribution in [0.15, 0.2) is 36.5 Å². The molecule has 0 bridgehead atoms. The first-order valence-corrected chi connectivity index (χ1v) is 6.89. The van der Waals surface area contributed by atoms with Crippen molar-refractivity contribution in [2.24, 2.45) is 5.73 Å². The molecule has 2 heterocycles. The highest BCUT2D eigenvalue weighted by atomic mass is 32.1. The van der Waals surface area contributed by atoms with E-state index in [1.807, 2.05) is 12.1 Å². The van der Waals surface area contributed by atoms with Crippen molar-refractivity contribution in [2.45, 2.75) is 12.8 Å². The van der Waals surface area contributed by atoms with Gasteiger partial charge in [0.2, 0.25) is 11.8 Å². The standard InChI is InChI=1S/C15H13N3O2S/c16-15(21)10-5-6-17-14(8-10)20-11-2-3-12-9(7-11)1-4-13(19)18-12/h2-3,5-8H,1,4H2,(H2,16,21)(H,18,19). The number of nitrogens with zero attached hydrogens (tertiary/aromatic N) is 1. The zero-order valence-electron chi connectivity index (χ0n) is 11.1. The van der Waals surface area contributed by atoms with Gasteiger partial charge in [-0.25, -0.2) is 4.98 Å². The second kappa shape index (κ2) is 5.49. The Morgan fingerprint density at radius 1 is 1.29 bits per heavy atom. The summed E-state index contributed by atoms with van der Waals surface area (Å²) in [6.07, 6.45) is 2.80. The predicted octanol–water partition coefficient (Wildman–Crippen LogP) is 2.39. The summed E-state index contributed by atoms with van der Waals surface area (Å²) in [6, 6.07) is 8.96. The Hall–Kier alpha value is -2.47. The van der Waals surface area contributed by atoms with Crippen molar-refractivity contribution in [3.8, 4) is 11.6 Å². The van der Waals surface area contributed by atoms with E-state index in [1.54, 1.807) is 24.4 Å². The zero-order chi connectivity index (χ0) is 14.8. The number of aryl methyl sites for hydroxylation is 1. The van der Waals surface area contributed by atoms with Crippen LogP contribution >= 0.6 is 12.2 Å². The van der Waals surface area contributed by atoms with E-state index in [-0.39, 0.29) is 5.91 Å². The maximum absolute atomic E-state index is 11.3. The van der Waals surface area contributed by atoms with Gasteiger partial charge in [0.15, 0.2) is 0 Å². The molecule has 1 aliphatic rings. The minimum atomic E-state index is 0.0435. The van der Waals surface area contributed by atoms with Gasteiger partial charge >= 0.3 is 0 Å². The number of fused-ring (bicyclic) bond motifs is 1. The molecule has 1 aliphatic heterocycles. The Kier molecular flexibility index (Phi) is 3.53. The van der Waals surface area contributed by atoms with Crippen LogP contribution in [0.1, 0.15) is 17.5 Å². The van der Waals surface area contributed by atoms with Crippen molar-refractivity contribution in [1.82, 2.24) is 4.98 Å². The van der Waals surface area contributed by atoms with Gasteiger partial charge in [-0.3, -0.25) is 4.79 Å². The number of nitrogens with one attached hydrogen (secondary N) is 1. The number of benzene rings is 1. The lowest BCUT2D eigenvalue weighted by Crippen LogP contribution is -2.18. The Labute approximate surface area is 127 Å². The second-order valence-electron chi connectivity index (χ2n) is 4.72. The van der Waals surface area contributed by atoms with Gasteiger partial charge in [-0.2, -0.15) is 0 Å². The van der Waals surface area contributed by atoms with Gasteiger partial charge in [0.1, 0.15) is 10.7 Å². The van der Waals surface area contributed by atoms with Crippen molar-refractivity contribution in [1.29, 1.82) is 0 Å². The predicted molar refractivity (Wildman–Crippen MR) is 83.6 cm³/mol. The number of carbonyl (C=O) groups is 1. The first-order valence-electron chi connectivity index (χ1n) is 6.48. The van der Waals surface area contributed by atoms with Gasteiger partial charge in [0.05, 0.1) is 0 Å². The largest absolute Gasteiger partial charge is 0.439 e. The monoisotopic (exact) mass is 299 g/mol. The van der Waals surface area contributed by atoms with Crippen LogP contribution in [-0.4, -0.2) is 15.9 Å². The number of carbonyl (C=O) groups excluding carboxylic acids is 1. The van der Waals surface area contributed by atoms with Crippen molar-refractivity contribution < 1.29 is 9.53 Å². The van der Waals surface area contributed by atoms with Gasteiger partial charge in [-0.1, -0.05) is 12.2 Å². The van der Waals surface area contributed by atoms with Crippen molar-refractivity contribution >= 4 is 28.8 Å². The van der Waals surface area contributed by atoms with Crippen molar-refractivity contribution in [2.75, 3.05) is 5.32 Å². The highest BCUT2D eigenvalue weighted by Crippen LogP contribution is 2.29. The lowest BCUT2D eigenvalue weighted by molar-refractivity contribution is -0.116. The molecule has 21 heavy (non-hydrogen) atoms. The molecule has 0 saturated carbocycles. The molecular formula is C15H13N3O2S.